The maximum Gasteiger partial charge on any atom is 0.335 e. The van der Waals surface area contributed by atoms with Crippen molar-refractivity contribution < 1.29 is 19.5 Å². The highest BCUT2D eigenvalue weighted by atomic mass is 16.4. The second-order valence-corrected chi connectivity index (χ2v) is 5.95. The number of rotatable bonds is 3. The Kier molecular flexibility index (Phi) is 3.27. The SMILES string of the molecule is O=C(O)c1ccc(CN2C(=O)CC3(CCCC3)C2=O)cc1. The first-order chi connectivity index (χ1) is 10.0. The molecule has 1 aromatic carbocycles. The van der Waals surface area contributed by atoms with Crippen LogP contribution in [0.25, 0.3) is 0 Å². The number of carbonyl (C=O) groups is 3. The highest BCUT2D eigenvalue weighted by Gasteiger charge is 2.52. The molecule has 1 spiro atoms. The fourth-order valence-corrected chi connectivity index (χ4v) is 3.40. The largest absolute Gasteiger partial charge is 0.478 e. The summed E-state index contributed by atoms with van der Waals surface area (Å²) in [7, 11) is 0. The van der Waals surface area contributed by atoms with Crippen LogP contribution in [-0.2, 0) is 16.1 Å². The number of likely N-dealkylation sites (tertiary alicyclic amines) is 1. The van der Waals surface area contributed by atoms with Crippen LogP contribution < -0.4 is 0 Å². The highest BCUT2D eigenvalue weighted by molar-refractivity contribution is 6.06. The van der Waals surface area contributed by atoms with E-state index in [9.17, 15) is 14.4 Å². The highest BCUT2D eigenvalue weighted by Crippen LogP contribution is 2.47. The molecule has 1 aliphatic carbocycles. The van der Waals surface area contributed by atoms with Crippen molar-refractivity contribution in [1.29, 1.82) is 0 Å². The van der Waals surface area contributed by atoms with Crippen molar-refractivity contribution in [2.24, 2.45) is 5.41 Å². The van der Waals surface area contributed by atoms with Gasteiger partial charge in [0, 0.05) is 6.42 Å². The molecule has 2 fully saturated rings. The number of carbonyl (C=O) groups excluding carboxylic acids is 2. The standard InChI is InChI=1S/C16H17NO4/c18-13-9-16(7-1-2-8-16)15(21)17(13)10-11-3-5-12(6-4-11)14(19)20/h3-6H,1-2,7-10H2,(H,19,20). The molecule has 110 valence electrons. The van der Waals surface area contributed by atoms with Gasteiger partial charge in [-0.25, -0.2) is 4.79 Å². The quantitative estimate of drug-likeness (QED) is 0.865. The third-order valence-electron chi connectivity index (χ3n) is 4.59. The normalized spacial score (nSPS) is 20.5. The topological polar surface area (TPSA) is 74.7 Å². The lowest BCUT2D eigenvalue weighted by atomic mass is 9.84. The van der Waals surface area contributed by atoms with E-state index in [0.29, 0.717) is 6.42 Å². The first kappa shape index (κ1) is 13.8. The van der Waals surface area contributed by atoms with Crippen LogP contribution >= 0.6 is 0 Å². The zero-order valence-corrected chi connectivity index (χ0v) is 11.7. The summed E-state index contributed by atoms with van der Waals surface area (Å²) in [4.78, 5) is 36.8. The molecule has 0 aromatic heterocycles. The van der Waals surface area contributed by atoms with E-state index in [1.165, 1.54) is 17.0 Å². The summed E-state index contributed by atoms with van der Waals surface area (Å²) in [6.45, 7) is 0.235. The summed E-state index contributed by atoms with van der Waals surface area (Å²) in [5.41, 5.74) is 0.528. The van der Waals surface area contributed by atoms with Crippen molar-refractivity contribution in [3.63, 3.8) is 0 Å². The average Bonchev–Trinajstić information content (AvgIpc) is 3.01. The van der Waals surface area contributed by atoms with Crippen LogP contribution in [0.3, 0.4) is 0 Å². The molecule has 1 saturated heterocycles. The summed E-state index contributed by atoms with van der Waals surface area (Å²) < 4.78 is 0. The van der Waals surface area contributed by atoms with Crippen LogP contribution in [0, 0.1) is 5.41 Å². The van der Waals surface area contributed by atoms with E-state index in [2.05, 4.69) is 0 Å². The summed E-state index contributed by atoms with van der Waals surface area (Å²) in [6, 6.07) is 6.30. The van der Waals surface area contributed by atoms with E-state index in [0.717, 1.165) is 31.2 Å². The zero-order chi connectivity index (χ0) is 15.0. The minimum atomic E-state index is -0.986. The van der Waals surface area contributed by atoms with E-state index in [1.54, 1.807) is 12.1 Å². The Morgan fingerprint density at radius 1 is 1.14 bits per heavy atom. The Morgan fingerprint density at radius 3 is 2.33 bits per heavy atom. The number of aromatic carboxylic acids is 1. The monoisotopic (exact) mass is 287 g/mol. The summed E-state index contributed by atoms with van der Waals surface area (Å²) in [5.74, 6) is -1.14. The van der Waals surface area contributed by atoms with Crippen LogP contribution in [-0.4, -0.2) is 27.8 Å². The Hall–Kier alpha value is -2.17. The maximum atomic E-state index is 12.5. The number of hydrogen-bond acceptors (Lipinski definition) is 3. The molecule has 0 bridgehead atoms. The van der Waals surface area contributed by atoms with Gasteiger partial charge in [0.25, 0.3) is 0 Å². The van der Waals surface area contributed by atoms with Gasteiger partial charge in [-0.2, -0.15) is 0 Å². The number of amides is 2. The molecule has 1 saturated carbocycles. The smallest absolute Gasteiger partial charge is 0.335 e. The molecular formula is C16H17NO4. The lowest BCUT2D eigenvalue weighted by Gasteiger charge is -2.21. The summed E-state index contributed by atoms with van der Waals surface area (Å²) in [6.07, 6.45) is 3.98. The Balaban J connectivity index is 1.77. The van der Waals surface area contributed by atoms with E-state index >= 15 is 0 Å². The second kappa shape index (κ2) is 4.98. The van der Waals surface area contributed by atoms with Crippen LogP contribution in [0.2, 0.25) is 0 Å². The molecule has 5 nitrogen and oxygen atoms in total. The van der Waals surface area contributed by atoms with E-state index in [-0.39, 0.29) is 23.9 Å². The molecule has 1 N–H and O–H groups in total. The summed E-state index contributed by atoms with van der Waals surface area (Å²) >= 11 is 0. The fraction of sp³-hybridized carbons (Fsp3) is 0.438. The molecule has 5 heteroatoms. The van der Waals surface area contributed by atoms with Crippen molar-refractivity contribution in [2.45, 2.75) is 38.6 Å². The Labute approximate surface area is 122 Å². The molecule has 2 aliphatic rings. The van der Waals surface area contributed by atoms with Crippen LogP contribution in [0.1, 0.15) is 48.0 Å². The predicted octanol–water partition coefficient (Wildman–Crippen LogP) is 2.20. The molecular weight excluding hydrogens is 270 g/mol. The van der Waals surface area contributed by atoms with Gasteiger partial charge in [-0.3, -0.25) is 14.5 Å². The van der Waals surface area contributed by atoms with E-state index in [4.69, 9.17) is 5.11 Å². The minimum absolute atomic E-state index is 0.0488. The lowest BCUT2D eigenvalue weighted by Crippen LogP contribution is -2.33. The minimum Gasteiger partial charge on any atom is -0.478 e. The number of benzene rings is 1. The first-order valence-electron chi connectivity index (χ1n) is 7.19. The van der Waals surface area contributed by atoms with Gasteiger partial charge >= 0.3 is 5.97 Å². The van der Waals surface area contributed by atoms with Gasteiger partial charge in [-0.05, 0) is 30.5 Å². The van der Waals surface area contributed by atoms with Crippen molar-refractivity contribution >= 4 is 17.8 Å². The number of hydrogen-bond donors (Lipinski definition) is 1. The lowest BCUT2D eigenvalue weighted by molar-refractivity contribution is -0.142. The third kappa shape index (κ3) is 2.33. The van der Waals surface area contributed by atoms with Gasteiger partial charge in [0.05, 0.1) is 17.5 Å². The summed E-state index contributed by atoms with van der Waals surface area (Å²) in [5, 5.41) is 8.86. The number of carboxylic acid groups (broad SMARTS) is 1. The van der Waals surface area contributed by atoms with Crippen molar-refractivity contribution in [1.82, 2.24) is 4.90 Å². The second-order valence-electron chi connectivity index (χ2n) is 5.95. The third-order valence-corrected chi connectivity index (χ3v) is 4.59. The number of nitrogens with zero attached hydrogens (tertiary/aromatic N) is 1. The van der Waals surface area contributed by atoms with Gasteiger partial charge in [0.2, 0.25) is 11.8 Å². The van der Waals surface area contributed by atoms with Gasteiger partial charge in [0.15, 0.2) is 0 Å². The van der Waals surface area contributed by atoms with Gasteiger partial charge in [-0.1, -0.05) is 25.0 Å². The van der Waals surface area contributed by atoms with Crippen molar-refractivity contribution in [2.75, 3.05) is 0 Å². The fourth-order valence-electron chi connectivity index (χ4n) is 3.40. The van der Waals surface area contributed by atoms with Gasteiger partial charge in [0.1, 0.15) is 0 Å². The molecule has 1 heterocycles. The molecule has 21 heavy (non-hydrogen) atoms. The average molecular weight is 287 g/mol. The molecule has 0 atom stereocenters. The predicted molar refractivity (Wildman–Crippen MR) is 74.5 cm³/mol. The van der Waals surface area contributed by atoms with E-state index in [1.807, 2.05) is 0 Å². The van der Waals surface area contributed by atoms with Gasteiger partial charge in [-0.15, -0.1) is 0 Å². The van der Waals surface area contributed by atoms with E-state index < -0.39 is 11.4 Å². The van der Waals surface area contributed by atoms with Crippen LogP contribution in [0.4, 0.5) is 0 Å². The number of imide groups is 1. The molecule has 1 aromatic rings. The maximum absolute atomic E-state index is 12.5. The van der Waals surface area contributed by atoms with Gasteiger partial charge < -0.3 is 5.11 Å². The van der Waals surface area contributed by atoms with Crippen molar-refractivity contribution in [3.8, 4) is 0 Å². The molecule has 0 unspecified atom stereocenters. The zero-order valence-electron chi connectivity index (χ0n) is 11.7. The Bertz CT molecular complexity index is 599. The van der Waals surface area contributed by atoms with Crippen molar-refractivity contribution in [3.05, 3.63) is 35.4 Å². The molecule has 2 amide bonds. The molecule has 0 radical (unpaired) electrons. The first-order valence-corrected chi connectivity index (χ1v) is 7.19. The molecule has 1 aliphatic heterocycles. The van der Waals surface area contributed by atoms with Crippen LogP contribution in [0.15, 0.2) is 24.3 Å². The van der Waals surface area contributed by atoms with Crippen LogP contribution in [0.5, 0.6) is 0 Å². The molecule has 3 rings (SSSR count). The Morgan fingerprint density at radius 2 is 1.76 bits per heavy atom. The number of carboxylic acids is 1.